The van der Waals surface area contributed by atoms with Crippen LogP contribution >= 0.6 is 11.9 Å². The summed E-state index contributed by atoms with van der Waals surface area (Å²) in [4.78, 5) is 0. The number of nitrogens with zero attached hydrogens (tertiary/aromatic N) is 2. The molecule has 2 nitrogen and oxygen atoms in total. The van der Waals surface area contributed by atoms with Gasteiger partial charge in [-0.2, -0.15) is 18.4 Å². The molecule has 0 saturated heterocycles. The standard InChI is InChI=1S/C12H17F3N2S/c1-10(2,3)18-17-9-4-6-11(8-16,7-5-9)12(13,14)15/h4-7H2,1-3H3. The van der Waals surface area contributed by atoms with E-state index in [1.807, 2.05) is 20.8 Å². The van der Waals surface area contributed by atoms with E-state index in [1.54, 1.807) is 0 Å². The molecule has 1 aliphatic carbocycles. The van der Waals surface area contributed by atoms with Gasteiger partial charge in [0.25, 0.3) is 0 Å². The van der Waals surface area contributed by atoms with Crippen molar-refractivity contribution < 1.29 is 13.2 Å². The highest BCUT2D eigenvalue weighted by Gasteiger charge is 2.56. The average Bonchev–Trinajstić information content (AvgIpc) is 2.24. The molecule has 0 N–H and O–H groups in total. The molecule has 0 amide bonds. The monoisotopic (exact) mass is 278 g/mol. The van der Waals surface area contributed by atoms with E-state index in [-0.39, 0.29) is 30.4 Å². The first-order valence-corrected chi connectivity index (χ1v) is 6.59. The first-order chi connectivity index (χ1) is 8.10. The van der Waals surface area contributed by atoms with E-state index in [9.17, 15) is 13.2 Å². The number of alkyl halides is 3. The van der Waals surface area contributed by atoms with Crippen LogP contribution in [-0.2, 0) is 0 Å². The minimum Gasteiger partial charge on any atom is -0.225 e. The Morgan fingerprint density at radius 1 is 1.22 bits per heavy atom. The molecule has 0 spiro atoms. The van der Waals surface area contributed by atoms with Gasteiger partial charge in [-0.05, 0) is 58.4 Å². The van der Waals surface area contributed by atoms with Gasteiger partial charge in [-0.1, -0.05) is 0 Å². The van der Waals surface area contributed by atoms with E-state index in [4.69, 9.17) is 5.26 Å². The first-order valence-electron chi connectivity index (χ1n) is 5.82. The lowest BCUT2D eigenvalue weighted by atomic mass is 9.74. The summed E-state index contributed by atoms with van der Waals surface area (Å²) in [7, 11) is 0. The van der Waals surface area contributed by atoms with Gasteiger partial charge in [-0.25, -0.2) is 4.40 Å². The smallest absolute Gasteiger partial charge is 0.225 e. The highest BCUT2D eigenvalue weighted by molar-refractivity contribution is 7.99. The molecule has 1 aliphatic rings. The summed E-state index contributed by atoms with van der Waals surface area (Å²) < 4.78 is 42.7. The zero-order valence-corrected chi connectivity index (χ0v) is 11.6. The summed E-state index contributed by atoms with van der Waals surface area (Å²) in [5.74, 6) is 0. The molecular formula is C12H17F3N2S. The Labute approximate surface area is 110 Å². The van der Waals surface area contributed by atoms with E-state index in [2.05, 4.69) is 4.40 Å². The number of hydrogen-bond donors (Lipinski definition) is 0. The highest BCUT2D eigenvalue weighted by atomic mass is 32.2. The fourth-order valence-corrected chi connectivity index (χ4v) is 2.30. The number of rotatable bonds is 1. The van der Waals surface area contributed by atoms with Crippen molar-refractivity contribution in [2.24, 2.45) is 9.81 Å². The van der Waals surface area contributed by atoms with Crippen molar-refractivity contribution in [3.63, 3.8) is 0 Å². The van der Waals surface area contributed by atoms with Crippen LogP contribution in [0.15, 0.2) is 4.40 Å². The molecule has 0 aromatic rings. The highest BCUT2D eigenvalue weighted by Crippen LogP contribution is 2.48. The van der Waals surface area contributed by atoms with Crippen molar-refractivity contribution in [1.82, 2.24) is 0 Å². The third-order valence-electron chi connectivity index (χ3n) is 2.89. The van der Waals surface area contributed by atoms with Crippen LogP contribution in [0.5, 0.6) is 0 Å². The minimum atomic E-state index is -4.44. The van der Waals surface area contributed by atoms with Crippen molar-refractivity contribution in [3.05, 3.63) is 0 Å². The maximum Gasteiger partial charge on any atom is 0.407 e. The topological polar surface area (TPSA) is 36.1 Å². The average molecular weight is 278 g/mol. The van der Waals surface area contributed by atoms with Crippen molar-refractivity contribution in [2.45, 2.75) is 57.4 Å². The quantitative estimate of drug-likeness (QED) is 0.661. The zero-order valence-electron chi connectivity index (χ0n) is 10.8. The van der Waals surface area contributed by atoms with Crippen molar-refractivity contribution >= 4 is 17.7 Å². The number of hydrogen-bond acceptors (Lipinski definition) is 3. The number of nitriles is 1. The Kier molecular flexibility index (Phi) is 4.37. The zero-order chi connectivity index (χ0) is 14.0. The fraction of sp³-hybridized carbons (Fsp3) is 0.833. The largest absolute Gasteiger partial charge is 0.407 e. The minimum absolute atomic E-state index is 0.0409. The molecule has 0 aromatic heterocycles. The lowest BCUT2D eigenvalue weighted by Gasteiger charge is -2.33. The van der Waals surface area contributed by atoms with Crippen LogP contribution in [-0.4, -0.2) is 16.6 Å². The van der Waals surface area contributed by atoms with Crippen LogP contribution in [0.2, 0.25) is 0 Å². The van der Waals surface area contributed by atoms with Gasteiger partial charge in [-0.15, -0.1) is 0 Å². The van der Waals surface area contributed by atoms with Gasteiger partial charge in [0.05, 0.1) is 6.07 Å². The molecule has 1 rings (SSSR count). The summed E-state index contributed by atoms with van der Waals surface area (Å²) in [6.45, 7) is 6.00. The second kappa shape index (κ2) is 5.12. The third kappa shape index (κ3) is 3.64. The molecule has 6 heteroatoms. The van der Waals surface area contributed by atoms with E-state index < -0.39 is 11.6 Å². The molecule has 1 fully saturated rings. The van der Waals surface area contributed by atoms with Crippen LogP contribution in [0.4, 0.5) is 13.2 Å². The molecule has 18 heavy (non-hydrogen) atoms. The van der Waals surface area contributed by atoms with Gasteiger partial charge in [0.1, 0.15) is 0 Å². The molecule has 0 unspecified atom stereocenters. The Bertz CT molecular complexity index is 364. The molecule has 0 bridgehead atoms. The molecule has 0 atom stereocenters. The van der Waals surface area contributed by atoms with Gasteiger partial charge in [0, 0.05) is 10.5 Å². The van der Waals surface area contributed by atoms with Gasteiger partial charge in [-0.3, -0.25) is 0 Å². The van der Waals surface area contributed by atoms with Crippen LogP contribution < -0.4 is 0 Å². The van der Waals surface area contributed by atoms with E-state index in [1.165, 1.54) is 18.0 Å². The Balaban J connectivity index is 2.69. The lowest BCUT2D eigenvalue weighted by molar-refractivity contribution is -0.207. The predicted molar refractivity (Wildman–Crippen MR) is 67.3 cm³/mol. The van der Waals surface area contributed by atoms with Gasteiger partial charge < -0.3 is 0 Å². The molecule has 0 heterocycles. The van der Waals surface area contributed by atoms with Crippen molar-refractivity contribution in [1.29, 1.82) is 5.26 Å². The molecule has 1 saturated carbocycles. The molecule has 0 radical (unpaired) electrons. The SMILES string of the molecule is CC(C)(C)SN=C1CCC(C#N)(C(F)(F)F)CC1. The van der Waals surface area contributed by atoms with E-state index in [0.717, 1.165) is 5.71 Å². The lowest BCUT2D eigenvalue weighted by Crippen LogP contribution is -2.40. The molecule has 102 valence electrons. The predicted octanol–water partition coefficient (Wildman–Crippen LogP) is 4.52. The molecular weight excluding hydrogens is 261 g/mol. The summed E-state index contributed by atoms with van der Waals surface area (Å²) in [5.41, 5.74) is -1.39. The van der Waals surface area contributed by atoms with E-state index in [0.29, 0.717) is 0 Å². The summed E-state index contributed by atoms with van der Waals surface area (Å²) >= 11 is 1.38. The molecule has 0 aliphatic heterocycles. The Hall–Kier alpha value is -0.700. The fourth-order valence-electron chi connectivity index (χ4n) is 1.72. The van der Waals surface area contributed by atoms with Crippen LogP contribution in [0.3, 0.4) is 0 Å². The van der Waals surface area contributed by atoms with Gasteiger partial charge in [0.2, 0.25) is 0 Å². The second-order valence-electron chi connectivity index (χ2n) is 5.55. The Morgan fingerprint density at radius 2 is 1.72 bits per heavy atom. The van der Waals surface area contributed by atoms with Gasteiger partial charge >= 0.3 is 6.18 Å². The van der Waals surface area contributed by atoms with Crippen molar-refractivity contribution in [3.8, 4) is 6.07 Å². The van der Waals surface area contributed by atoms with E-state index >= 15 is 0 Å². The molecule has 0 aromatic carbocycles. The van der Waals surface area contributed by atoms with Crippen molar-refractivity contribution in [2.75, 3.05) is 0 Å². The third-order valence-corrected chi connectivity index (χ3v) is 3.78. The van der Waals surface area contributed by atoms with Gasteiger partial charge in [0.15, 0.2) is 5.41 Å². The summed E-state index contributed by atoms with van der Waals surface area (Å²) in [6.07, 6.45) is -4.26. The summed E-state index contributed by atoms with van der Waals surface area (Å²) in [5, 5.41) is 8.81. The van der Waals surface area contributed by atoms with Crippen LogP contribution in [0, 0.1) is 16.7 Å². The van der Waals surface area contributed by atoms with Crippen LogP contribution in [0.25, 0.3) is 0 Å². The maximum atomic E-state index is 12.8. The first kappa shape index (κ1) is 15.4. The maximum absolute atomic E-state index is 12.8. The normalized spacial score (nSPS) is 25.7. The summed E-state index contributed by atoms with van der Waals surface area (Å²) in [6, 6.07) is 1.46. The van der Waals surface area contributed by atoms with Crippen LogP contribution in [0.1, 0.15) is 46.5 Å². The second-order valence-corrected chi connectivity index (χ2v) is 7.14. The number of halogens is 3. The Morgan fingerprint density at radius 3 is 2.06 bits per heavy atom.